The summed E-state index contributed by atoms with van der Waals surface area (Å²) in [6.07, 6.45) is 4.22. The number of nitrogens with two attached hydrogens (primary N) is 1. The Morgan fingerprint density at radius 2 is 2.10 bits per heavy atom. The van der Waals surface area contributed by atoms with E-state index in [4.69, 9.17) is 5.73 Å². The maximum atomic E-state index is 12.0. The minimum absolute atomic E-state index is 0.0877. The summed E-state index contributed by atoms with van der Waals surface area (Å²) in [5.41, 5.74) is 7.93. The fourth-order valence-corrected chi connectivity index (χ4v) is 2.86. The monoisotopic (exact) mass is 280 g/mol. The van der Waals surface area contributed by atoms with Gasteiger partial charge in [-0.1, -0.05) is 12.8 Å². The van der Waals surface area contributed by atoms with Crippen molar-refractivity contribution in [1.82, 2.24) is 15.1 Å². The average molecular weight is 280 g/mol. The second kappa shape index (κ2) is 5.83. The molecule has 1 fully saturated rings. The minimum atomic E-state index is -0.121. The van der Waals surface area contributed by atoms with E-state index < -0.39 is 0 Å². The maximum Gasteiger partial charge on any atom is 0.241 e. The fraction of sp³-hybridized carbons (Fsp3) is 0.714. The topological polar surface area (TPSA) is 93.2 Å². The van der Waals surface area contributed by atoms with Crippen molar-refractivity contribution in [3.8, 4) is 0 Å². The Bertz CT molecular complexity index is 490. The number of rotatable bonds is 5. The van der Waals surface area contributed by atoms with Gasteiger partial charge < -0.3 is 16.2 Å². The summed E-state index contributed by atoms with van der Waals surface area (Å²) in [6.45, 7) is 4.54. The quantitative estimate of drug-likeness (QED) is 0.742. The Hall–Kier alpha value is -1.56. The van der Waals surface area contributed by atoms with Crippen molar-refractivity contribution >= 4 is 11.6 Å². The second-order valence-corrected chi connectivity index (χ2v) is 5.88. The normalized spacial score (nSPS) is 17.4. The van der Waals surface area contributed by atoms with E-state index in [1.54, 1.807) is 4.68 Å². The van der Waals surface area contributed by atoms with Crippen LogP contribution in [0.1, 0.15) is 37.1 Å². The molecule has 0 saturated heterocycles. The van der Waals surface area contributed by atoms with Crippen molar-refractivity contribution in [3.05, 3.63) is 11.4 Å². The lowest BCUT2D eigenvalue weighted by molar-refractivity contribution is -0.122. The number of hydrogen-bond acceptors (Lipinski definition) is 4. The molecule has 0 aliphatic heterocycles. The van der Waals surface area contributed by atoms with Gasteiger partial charge in [0.25, 0.3) is 0 Å². The first-order valence-electron chi connectivity index (χ1n) is 7.14. The SMILES string of the molecule is Cc1nn(CC(=O)NCC2(CO)CCCC2)c(C)c1N. The highest BCUT2D eigenvalue weighted by molar-refractivity contribution is 5.76. The summed E-state index contributed by atoms with van der Waals surface area (Å²) < 4.78 is 1.63. The lowest BCUT2D eigenvalue weighted by Gasteiger charge is -2.26. The third kappa shape index (κ3) is 2.95. The van der Waals surface area contributed by atoms with Crippen molar-refractivity contribution in [2.24, 2.45) is 5.41 Å². The molecule has 1 heterocycles. The number of aromatic nitrogens is 2. The highest BCUT2D eigenvalue weighted by Gasteiger charge is 2.33. The van der Waals surface area contributed by atoms with Crippen LogP contribution in [0.3, 0.4) is 0 Å². The van der Waals surface area contributed by atoms with Crippen molar-refractivity contribution in [1.29, 1.82) is 0 Å². The number of aryl methyl sites for hydroxylation is 1. The molecule has 1 amide bonds. The minimum Gasteiger partial charge on any atom is -0.396 e. The molecule has 0 bridgehead atoms. The van der Waals surface area contributed by atoms with E-state index in [0.717, 1.165) is 37.1 Å². The first-order chi connectivity index (χ1) is 9.47. The number of aliphatic hydroxyl groups is 1. The maximum absolute atomic E-state index is 12.0. The molecule has 0 atom stereocenters. The summed E-state index contributed by atoms with van der Waals surface area (Å²) in [7, 11) is 0. The molecule has 2 rings (SSSR count). The zero-order valence-electron chi connectivity index (χ0n) is 12.3. The molecule has 1 saturated carbocycles. The molecular weight excluding hydrogens is 256 g/mol. The van der Waals surface area contributed by atoms with Crippen LogP contribution >= 0.6 is 0 Å². The Morgan fingerprint density at radius 1 is 1.45 bits per heavy atom. The van der Waals surface area contributed by atoms with Crippen LogP contribution < -0.4 is 11.1 Å². The van der Waals surface area contributed by atoms with Gasteiger partial charge in [-0.3, -0.25) is 9.48 Å². The number of amides is 1. The molecule has 0 spiro atoms. The number of nitrogens with zero attached hydrogens (tertiary/aromatic N) is 2. The summed E-state index contributed by atoms with van der Waals surface area (Å²) in [5.74, 6) is -0.0877. The lowest BCUT2D eigenvalue weighted by atomic mass is 9.87. The van der Waals surface area contributed by atoms with Gasteiger partial charge in [0.15, 0.2) is 0 Å². The molecule has 1 aliphatic carbocycles. The van der Waals surface area contributed by atoms with Gasteiger partial charge in [-0.2, -0.15) is 5.10 Å². The summed E-state index contributed by atoms with van der Waals surface area (Å²) in [4.78, 5) is 12.0. The van der Waals surface area contributed by atoms with E-state index in [2.05, 4.69) is 10.4 Å². The summed E-state index contributed by atoms with van der Waals surface area (Å²) in [6, 6.07) is 0. The largest absolute Gasteiger partial charge is 0.396 e. The Labute approximate surface area is 119 Å². The van der Waals surface area contributed by atoms with Crippen molar-refractivity contribution in [2.45, 2.75) is 46.1 Å². The fourth-order valence-electron chi connectivity index (χ4n) is 2.86. The Balaban J connectivity index is 1.91. The number of nitrogen functional groups attached to an aromatic ring is 1. The van der Waals surface area contributed by atoms with Crippen LogP contribution in [0, 0.1) is 19.3 Å². The number of aliphatic hydroxyl groups excluding tert-OH is 1. The zero-order chi connectivity index (χ0) is 14.8. The van der Waals surface area contributed by atoms with Crippen molar-refractivity contribution in [2.75, 3.05) is 18.9 Å². The number of hydrogen-bond donors (Lipinski definition) is 3. The highest BCUT2D eigenvalue weighted by atomic mass is 16.3. The standard InChI is InChI=1S/C14H24N4O2/c1-10-13(15)11(2)18(17-10)7-12(20)16-8-14(9-19)5-3-4-6-14/h19H,3-9,15H2,1-2H3,(H,16,20). The molecule has 6 heteroatoms. The van der Waals surface area contributed by atoms with Crippen LogP contribution in [0.15, 0.2) is 0 Å². The Kier molecular flexibility index (Phi) is 4.32. The van der Waals surface area contributed by atoms with E-state index in [-0.39, 0.29) is 24.5 Å². The molecule has 4 N–H and O–H groups in total. The van der Waals surface area contributed by atoms with Gasteiger partial charge >= 0.3 is 0 Å². The molecule has 0 radical (unpaired) electrons. The summed E-state index contributed by atoms with van der Waals surface area (Å²) >= 11 is 0. The molecule has 1 aliphatic rings. The van der Waals surface area contributed by atoms with E-state index in [9.17, 15) is 9.90 Å². The van der Waals surface area contributed by atoms with Crippen LogP contribution in [-0.4, -0.2) is 33.9 Å². The number of anilines is 1. The first-order valence-corrected chi connectivity index (χ1v) is 7.14. The number of carbonyl (C=O) groups excluding carboxylic acids is 1. The second-order valence-electron chi connectivity index (χ2n) is 5.88. The van der Waals surface area contributed by atoms with Crippen molar-refractivity contribution < 1.29 is 9.90 Å². The van der Waals surface area contributed by atoms with Gasteiger partial charge in [-0.15, -0.1) is 0 Å². The van der Waals surface area contributed by atoms with Gasteiger partial charge in [0, 0.05) is 12.0 Å². The predicted molar refractivity (Wildman–Crippen MR) is 77.1 cm³/mol. The molecule has 1 aromatic heterocycles. The summed E-state index contributed by atoms with van der Waals surface area (Å²) in [5, 5.41) is 16.7. The molecular formula is C14H24N4O2. The highest BCUT2D eigenvalue weighted by Crippen LogP contribution is 2.36. The van der Waals surface area contributed by atoms with E-state index in [1.807, 2.05) is 13.8 Å². The smallest absolute Gasteiger partial charge is 0.241 e. The predicted octanol–water partition coefficient (Wildman–Crippen LogP) is 0.751. The molecule has 1 aromatic rings. The Morgan fingerprint density at radius 3 is 2.60 bits per heavy atom. The molecule has 112 valence electrons. The van der Waals surface area contributed by atoms with Gasteiger partial charge in [0.2, 0.25) is 5.91 Å². The molecule has 0 aromatic carbocycles. The number of carbonyl (C=O) groups is 1. The van der Waals surface area contributed by atoms with Crippen LogP contribution in [0.4, 0.5) is 5.69 Å². The van der Waals surface area contributed by atoms with Crippen LogP contribution in [0.25, 0.3) is 0 Å². The molecule has 0 unspecified atom stereocenters. The van der Waals surface area contributed by atoms with E-state index in [0.29, 0.717) is 12.2 Å². The molecule has 20 heavy (non-hydrogen) atoms. The third-order valence-electron chi connectivity index (χ3n) is 4.39. The van der Waals surface area contributed by atoms with Crippen molar-refractivity contribution in [3.63, 3.8) is 0 Å². The first kappa shape index (κ1) is 14.8. The van der Waals surface area contributed by atoms with Crippen LogP contribution in [-0.2, 0) is 11.3 Å². The van der Waals surface area contributed by atoms with Gasteiger partial charge in [0.05, 0.1) is 23.7 Å². The van der Waals surface area contributed by atoms with E-state index >= 15 is 0 Å². The lowest BCUT2D eigenvalue weighted by Crippen LogP contribution is -2.39. The molecule has 6 nitrogen and oxygen atoms in total. The van der Waals surface area contributed by atoms with Gasteiger partial charge in [-0.05, 0) is 26.7 Å². The third-order valence-corrected chi connectivity index (χ3v) is 4.39. The van der Waals surface area contributed by atoms with Crippen LogP contribution in [0.2, 0.25) is 0 Å². The average Bonchev–Trinajstić information content (AvgIpc) is 3.00. The van der Waals surface area contributed by atoms with Crippen LogP contribution in [0.5, 0.6) is 0 Å². The van der Waals surface area contributed by atoms with Gasteiger partial charge in [-0.25, -0.2) is 0 Å². The number of nitrogens with one attached hydrogen (secondary N) is 1. The van der Waals surface area contributed by atoms with Gasteiger partial charge in [0.1, 0.15) is 6.54 Å². The zero-order valence-corrected chi connectivity index (χ0v) is 12.3. The van der Waals surface area contributed by atoms with E-state index in [1.165, 1.54) is 0 Å².